The lowest BCUT2D eigenvalue weighted by Gasteiger charge is -1.97. The molecule has 84 valence electrons. The second-order valence-corrected chi connectivity index (χ2v) is 4.97. The zero-order chi connectivity index (χ0) is 11.5. The number of alkyl halides is 1. The number of benzene rings is 1. The number of nitrogens with one attached hydrogen (secondary N) is 1. The molecule has 4 heteroatoms. The molecule has 1 aromatic heterocycles. The first-order valence-corrected chi connectivity index (χ1v) is 6.53. The number of halogens is 1. The Labute approximate surface area is 104 Å². The van der Waals surface area contributed by atoms with E-state index in [2.05, 4.69) is 35.6 Å². The van der Waals surface area contributed by atoms with Gasteiger partial charge in [-0.1, -0.05) is 30.0 Å². The normalized spacial score (nSPS) is 10.9. The summed E-state index contributed by atoms with van der Waals surface area (Å²) < 4.78 is 0. The molecule has 0 saturated heterocycles. The van der Waals surface area contributed by atoms with Crippen LogP contribution in [0.15, 0.2) is 35.5 Å². The number of imidazole rings is 1. The molecule has 0 saturated carbocycles. The lowest BCUT2D eigenvalue weighted by molar-refractivity contribution is 1.08. The number of aryl methyl sites for hydroxylation is 1. The second-order valence-electron chi connectivity index (χ2n) is 3.73. The van der Waals surface area contributed by atoms with Gasteiger partial charge in [0.05, 0.1) is 11.0 Å². The van der Waals surface area contributed by atoms with Crippen LogP contribution in [0.4, 0.5) is 0 Å². The van der Waals surface area contributed by atoms with Gasteiger partial charge in [0.1, 0.15) is 0 Å². The van der Waals surface area contributed by atoms with E-state index < -0.39 is 0 Å². The Morgan fingerprint density at radius 2 is 2.38 bits per heavy atom. The number of hydrogen-bond acceptors (Lipinski definition) is 2. The van der Waals surface area contributed by atoms with Crippen LogP contribution in [0.2, 0.25) is 0 Å². The van der Waals surface area contributed by atoms with E-state index in [0.717, 1.165) is 27.5 Å². The number of rotatable bonds is 4. The summed E-state index contributed by atoms with van der Waals surface area (Å²) in [7, 11) is 0. The number of thioether (sulfide) groups is 1. The van der Waals surface area contributed by atoms with Crippen molar-refractivity contribution in [1.29, 1.82) is 0 Å². The monoisotopic (exact) mass is 252 g/mol. The Hall–Kier alpha value is -0.930. The molecule has 1 N–H and O–H groups in total. The number of H-pyrrole nitrogens is 1. The van der Waals surface area contributed by atoms with Crippen molar-refractivity contribution in [1.82, 2.24) is 9.97 Å². The summed E-state index contributed by atoms with van der Waals surface area (Å²) in [6, 6.07) is 6.19. The van der Waals surface area contributed by atoms with E-state index >= 15 is 0 Å². The van der Waals surface area contributed by atoms with Crippen LogP contribution in [0, 0.1) is 6.92 Å². The van der Waals surface area contributed by atoms with Gasteiger partial charge >= 0.3 is 0 Å². The number of nitrogens with zero attached hydrogens (tertiary/aromatic N) is 1. The van der Waals surface area contributed by atoms with E-state index in [1.165, 1.54) is 5.56 Å². The lowest BCUT2D eigenvalue weighted by Crippen LogP contribution is -1.87. The molecule has 0 spiro atoms. The Bertz CT molecular complexity index is 519. The molecule has 0 radical (unpaired) electrons. The third-order valence-electron chi connectivity index (χ3n) is 2.22. The molecule has 0 aliphatic heterocycles. The summed E-state index contributed by atoms with van der Waals surface area (Å²) in [6.07, 6.45) is 0. The first kappa shape index (κ1) is 11.6. The van der Waals surface area contributed by atoms with Gasteiger partial charge in [0.25, 0.3) is 0 Å². The van der Waals surface area contributed by atoms with Crippen molar-refractivity contribution in [2.45, 2.75) is 12.1 Å². The molecular formula is C12H13ClN2S. The van der Waals surface area contributed by atoms with E-state index in [1.54, 1.807) is 11.8 Å². The lowest BCUT2D eigenvalue weighted by atomic mass is 10.2. The first-order valence-electron chi connectivity index (χ1n) is 5.01. The van der Waals surface area contributed by atoms with Crippen LogP contribution in [-0.2, 0) is 0 Å². The van der Waals surface area contributed by atoms with Crippen molar-refractivity contribution < 1.29 is 0 Å². The molecule has 0 bridgehead atoms. The molecule has 0 unspecified atom stereocenters. The summed E-state index contributed by atoms with van der Waals surface area (Å²) in [5, 5.41) is 0.923. The van der Waals surface area contributed by atoms with Crippen LogP contribution in [0.1, 0.15) is 5.56 Å². The minimum atomic E-state index is 0.506. The quantitative estimate of drug-likeness (QED) is 0.510. The maximum absolute atomic E-state index is 5.67. The molecule has 2 nitrogen and oxygen atoms in total. The third kappa shape index (κ3) is 2.60. The minimum absolute atomic E-state index is 0.506. The molecule has 2 aromatic rings. The van der Waals surface area contributed by atoms with E-state index in [-0.39, 0.29) is 0 Å². The molecule has 0 atom stereocenters. The maximum Gasteiger partial charge on any atom is 0.166 e. The highest BCUT2D eigenvalue weighted by atomic mass is 35.5. The smallest absolute Gasteiger partial charge is 0.166 e. The van der Waals surface area contributed by atoms with Crippen LogP contribution >= 0.6 is 23.4 Å². The van der Waals surface area contributed by atoms with Gasteiger partial charge in [-0.3, -0.25) is 0 Å². The van der Waals surface area contributed by atoms with Gasteiger partial charge in [-0.25, -0.2) is 4.98 Å². The van der Waals surface area contributed by atoms with Gasteiger partial charge in [-0.2, -0.15) is 0 Å². The van der Waals surface area contributed by atoms with Gasteiger partial charge < -0.3 is 4.98 Å². The fourth-order valence-electron chi connectivity index (χ4n) is 1.38. The predicted octanol–water partition coefficient (Wildman–Crippen LogP) is 3.76. The van der Waals surface area contributed by atoms with Gasteiger partial charge in [0, 0.05) is 11.6 Å². The fourth-order valence-corrected chi connectivity index (χ4v) is 2.37. The van der Waals surface area contributed by atoms with Crippen molar-refractivity contribution in [2.75, 3.05) is 11.6 Å². The number of fused-ring (bicyclic) bond motifs is 1. The van der Waals surface area contributed by atoms with Crippen LogP contribution in [0.25, 0.3) is 11.0 Å². The Kier molecular flexibility index (Phi) is 3.56. The average molecular weight is 253 g/mol. The molecular weight excluding hydrogens is 240 g/mol. The summed E-state index contributed by atoms with van der Waals surface area (Å²) in [6.45, 7) is 5.93. The average Bonchev–Trinajstić information content (AvgIpc) is 2.67. The maximum atomic E-state index is 5.67. The summed E-state index contributed by atoms with van der Waals surface area (Å²) in [5.41, 5.74) is 4.34. The van der Waals surface area contributed by atoms with Crippen LogP contribution < -0.4 is 0 Å². The molecule has 1 heterocycles. The predicted molar refractivity (Wildman–Crippen MR) is 71.4 cm³/mol. The topological polar surface area (TPSA) is 28.7 Å². The minimum Gasteiger partial charge on any atom is -0.333 e. The van der Waals surface area contributed by atoms with Crippen LogP contribution in [-0.4, -0.2) is 21.6 Å². The SMILES string of the molecule is C=C(CCl)CSc1nc2ccc(C)cc2[nH]1. The Morgan fingerprint density at radius 3 is 3.12 bits per heavy atom. The first-order chi connectivity index (χ1) is 7.69. The van der Waals surface area contributed by atoms with Crippen molar-refractivity contribution in [3.8, 4) is 0 Å². The Balaban J connectivity index is 2.16. The van der Waals surface area contributed by atoms with Crippen molar-refractivity contribution >= 4 is 34.4 Å². The molecule has 0 aliphatic carbocycles. The highest BCUT2D eigenvalue weighted by molar-refractivity contribution is 7.99. The van der Waals surface area contributed by atoms with Gasteiger partial charge in [-0.15, -0.1) is 11.6 Å². The fraction of sp³-hybridized carbons (Fsp3) is 0.250. The molecule has 0 aliphatic rings. The standard InChI is InChI=1S/C12H13ClN2S/c1-8-3-4-10-11(5-8)15-12(14-10)16-7-9(2)6-13/h3-5H,2,6-7H2,1H3,(H,14,15). The Morgan fingerprint density at radius 1 is 1.56 bits per heavy atom. The molecule has 2 rings (SSSR count). The molecule has 1 aromatic carbocycles. The highest BCUT2D eigenvalue weighted by Gasteiger charge is 2.03. The third-order valence-corrected chi connectivity index (χ3v) is 3.61. The molecule has 16 heavy (non-hydrogen) atoms. The van der Waals surface area contributed by atoms with Crippen LogP contribution in [0.5, 0.6) is 0 Å². The van der Waals surface area contributed by atoms with Crippen LogP contribution in [0.3, 0.4) is 0 Å². The van der Waals surface area contributed by atoms with Crippen molar-refractivity contribution in [3.05, 3.63) is 35.9 Å². The zero-order valence-corrected chi connectivity index (χ0v) is 10.7. The largest absolute Gasteiger partial charge is 0.333 e. The molecule has 0 fully saturated rings. The zero-order valence-electron chi connectivity index (χ0n) is 9.09. The number of aromatic amines is 1. The van der Waals surface area contributed by atoms with E-state index in [9.17, 15) is 0 Å². The van der Waals surface area contributed by atoms with Gasteiger partial charge in [0.15, 0.2) is 5.16 Å². The molecule has 0 amide bonds. The van der Waals surface area contributed by atoms with E-state index in [0.29, 0.717) is 5.88 Å². The van der Waals surface area contributed by atoms with E-state index in [4.69, 9.17) is 11.6 Å². The van der Waals surface area contributed by atoms with E-state index in [1.807, 2.05) is 6.07 Å². The van der Waals surface area contributed by atoms with Gasteiger partial charge in [0.2, 0.25) is 0 Å². The summed E-state index contributed by atoms with van der Waals surface area (Å²) in [5.74, 6) is 1.31. The number of aromatic nitrogens is 2. The van der Waals surface area contributed by atoms with Crippen molar-refractivity contribution in [2.24, 2.45) is 0 Å². The summed E-state index contributed by atoms with van der Waals surface area (Å²) in [4.78, 5) is 7.77. The van der Waals surface area contributed by atoms with Crippen molar-refractivity contribution in [3.63, 3.8) is 0 Å². The summed E-state index contributed by atoms with van der Waals surface area (Å²) >= 11 is 7.31. The highest BCUT2D eigenvalue weighted by Crippen LogP contribution is 2.21. The second kappa shape index (κ2) is 4.93. The number of hydrogen-bond donors (Lipinski definition) is 1. The van der Waals surface area contributed by atoms with Gasteiger partial charge in [-0.05, 0) is 24.6 Å².